The largest absolute Gasteiger partial charge is 0.507 e. The third kappa shape index (κ3) is 9.93. The molecule has 3 aliphatic heterocycles. The number of ether oxygens (including phenoxy) is 9. The number of aliphatic hydroxyl groups excluding tert-OH is 8. The van der Waals surface area contributed by atoms with Crippen molar-refractivity contribution < 1.29 is 113 Å². The zero-order valence-corrected chi connectivity index (χ0v) is 36.3. The molecule has 1 aromatic heterocycles. The monoisotopic (exact) mass is 962 g/mol. The van der Waals surface area contributed by atoms with Gasteiger partial charge in [0, 0.05) is 23.8 Å². The first-order valence-corrected chi connectivity index (χ1v) is 20.8. The number of esters is 1. The SMILES string of the molecule is COc1cc(/C=C/C(=O)OCC2O[C@@H](Oc3c(-c4ccc(O)c(O)c4)oc4cc(O[C@@H]5OC(C)[C@H](O)C(O)C5O)cc(O)c4c3=O)C(O[C@@H]3OC(C)[C@H](O)C(O)[C@@H]3O)C(O)[C@@H]2O)cc(OC)c1O. The van der Waals surface area contributed by atoms with E-state index in [0.717, 1.165) is 30.3 Å². The zero-order chi connectivity index (χ0) is 49.5. The van der Waals surface area contributed by atoms with Crippen molar-refractivity contribution in [3.63, 3.8) is 0 Å². The van der Waals surface area contributed by atoms with Gasteiger partial charge in [0.25, 0.3) is 0 Å². The number of aliphatic hydroxyl groups is 8. The second-order valence-corrected chi connectivity index (χ2v) is 16.1. The quantitative estimate of drug-likeness (QED) is 0.0425. The van der Waals surface area contributed by atoms with Crippen molar-refractivity contribution >= 4 is 23.0 Å². The van der Waals surface area contributed by atoms with Crippen LogP contribution in [-0.2, 0) is 28.5 Å². The van der Waals surface area contributed by atoms with Gasteiger partial charge >= 0.3 is 5.97 Å². The van der Waals surface area contributed by atoms with Crippen molar-refractivity contribution in [1.82, 2.24) is 0 Å². The molecule has 0 bridgehead atoms. The van der Waals surface area contributed by atoms with Crippen molar-refractivity contribution in [2.24, 2.45) is 0 Å². The summed E-state index contributed by atoms with van der Waals surface area (Å²) in [7, 11) is 2.60. The van der Waals surface area contributed by atoms with Crippen molar-refractivity contribution in [2.45, 2.75) is 106 Å². The summed E-state index contributed by atoms with van der Waals surface area (Å²) in [5.74, 6) is -5.02. The molecular weight excluding hydrogens is 912 g/mol. The molecule has 12 N–H and O–H groups in total. The highest BCUT2D eigenvalue weighted by Crippen LogP contribution is 2.41. The van der Waals surface area contributed by atoms with Crippen LogP contribution in [0.25, 0.3) is 28.4 Å². The van der Waals surface area contributed by atoms with Gasteiger partial charge in [0.1, 0.15) is 84.0 Å². The predicted octanol–water partition coefficient (Wildman–Crippen LogP) is -1.20. The first-order valence-electron chi connectivity index (χ1n) is 20.8. The van der Waals surface area contributed by atoms with Crippen LogP contribution < -0.4 is 24.4 Å². The van der Waals surface area contributed by atoms with Crippen LogP contribution in [0, 0.1) is 0 Å². The van der Waals surface area contributed by atoms with E-state index < -0.39 is 150 Å². The zero-order valence-electron chi connectivity index (χ0n) is 36.3. The lowest BCUT2D eigenvalue weighted by atomic mass is 9.97. The van der Waals surface area contributed by atoms with Gasteiger partial charge < -0.3 is 108 Å². The summed E-state index contributed by atoms with van der Waals surface area (Å²) in [6.45, 7) is 1.94. The Labute approximate surface area is 384 Å². The van der Waals surface area contributed by atoms with Gasteiger partial charge in [-0.05, 0) is 55.8 Å². The van der Waals surface area contributed by atoms with E-state index in [-0.39, 0.29) is 28.6 Å². The molecule has 3 saturated heterocycles. The average molecular weight is 963 g/mol. The maximum Gasteiger partial charge on any atom is 0.330 e. The van der Waals surface area contributed by atoms with Gasteiger partial charge in [-0.2, -0.15) is 0 Å². The molecule has 3 aromatic carbocycles. The fourth-order valence-corrected chi connectivity index (χ4v) is 7.60. The Bertz CT molecular complexity index is 2520. The Morgan fingerprint density at radius 3 is 1.90 bits per heavy atom. The van der Waals surface area contributed by atoms with E-state index in [9.17, 15) is 70.9 Å². The highest BCUT2D eigenvalue weighted by Gasteiger charge is 2.52. The number of hydrogen-bond acceptors (Lipinski definition) is 24. The van der Waals surface area contributed by atoms with E-state index in [0.29, 0.717) is 5.56 Å². The van der Waals surface area contributed by atoms with Gasteiger partial charge in [-0.25, -0.2) is 4.79 Å². The number of aromatic hydroxyl groups is 4. The summed E-state index contributed by atoms with van der Waals surface area (Å²) >= 11 is 0. The lowest BCUT2D eigenvalue weighted by molar-refractivity contribution is -0.354. The normalized spacial score (nSPS) is 31.9. The van der Waals surface area contributed by atoms with Crippen molar-refractivity contribution in [3.05, 3.63) is 64.3 Å². The Balaban J connectivity index is 1.25. The van der Waals surface area contributed by atoms with Gasteiger partial charge in [0.2, 0.25) is 29.5 Å². The third-order valence-electron chi connectivity index (χ3n) is 11.5. The summed E-state index contributed by atoms with van der Waals surface area (Å²) < 4.78 is 56.4. The molecule has 370 valence electrons. The van der Waals surface area contributed by atoms with Gasteiger partial charge in [-0.1, -0.05) is 0 Å². The molecule has 3 aliphatic rings. The predicted molar refractivity (Wildman–Crippen MR) is 226 cm³/mol. The maximum atomic E-state index is 14.6. The van der Waals surface area contributed by atoms with Gasteiger partial charge in [0.15, 0.2) is 41.2 Å². The van der Waals surface area contributed by atoms with Crippen LogP contribution in [0.1, 0.15) is 19.4 Å². The topological polar surface area (TPSA) is 373 Å². The highest BCUT2D eigenvalue weighted by atomic mass is 16.8. The van der Waals surface area contributed by atoms with Crippen LogP contribution in [0.2, 0.25) is 0 Å². The number of fused-ring (bicyclic) bond motifs is 1. The van der Waals surface area contributed by atoms with Crippen LogP contribution in [0.4, 0.5) is 0 Å². The lowest BCUT2D eigenvalue weighted by Crippen LogP contribution is -2.64. The number of hydrogen-bond donors (Lipinski definition) is 12. The summed E-state index contributed by atoms with van der Waals surface area (Å²) in [6, 6.07) is 7.96. The number of benzene rings is 3. The van der Waals surface area contributed by atoms with Crippen LogP contribution in [-0.4, -0.2) is 180 Å². The highest BCUT2D eigenvalue weighted by molar-refractivity contribution is 5.89. The number of phenols is 4. The number of methoxy groups -OCH3 is 2. The second kappa shape index (κ2) is 20.3. The van der Waals surface area contributed by atoms with E-state index in [4.69, 9.17) is 47.0 Å². The molecule has 0 saturated carbocycles. The van der Waals surface area contributed by atoms with Crippen LogP contribution in [0.3, 0.4) is 0 Å². The van der Waals surface area contributed by atoms with Crippen molar-refractivity contribution in [3.8, 4) is 57.3 Å². The molecule has 24 nitrogen and oxygen atoms in total. The molecule has 3 fully saturated rings. The fourth-order valence-electron chi connectivity index (χ4n) is 7.60. The number of rotatable bonds is 13. The van der Waals surface area contributed by atoms with Gasteiger partial charge in [-0.3, -0.25) is 4.79 Å². The molecule has 0 radical (unpaired) electrons. The second-order valence-electron chi connectivity index (χ2n) is 16.1. The van der Waals surface area contributed by atoms with E-state index in [2.05, 4.69) is 0 Å². The first kappa shape index (κ1) is 49.9. The number of carbonyl (C=O) groups is 1. The fraction of sp³-hybridized carbons (Fsp3) is 0.455. The molecule has 24 heteroatoms. The Morgan fingerprint density at radius 2 is 1.28 bits per heavy atom. The molecule has 8 unspecified atom stereocenters. The molecule has 68 heavy (non-hydrogen) atoms. The minimum absolute atomic E-state index is 0.0305. The molecule has 0 spiro atoms. The van der Waals surface area contributed by atoms with Crippen LogP contribution in [0.15, 0.2) is 57.8 Å². The molecule has 0 aliphatic carbocycles. The summed E-state index contributed by atoms with van der Waals surface area (Å²) in [5.41, 5.74) is -1.42. The minimum Gasteiger partial charge on any atom is -0.507 e. The minimum atomic E-state index is -2.11. The molecule has 15 atom stereocenters. The molecule has 7 rings (SSSR count). The molecule has 4 aromatic rings. The lowest BCUT2D eigenvalue weighted by Gasteiger charge is -2.45. The van der Waals surface area contributed by atoms with E-state index in [1.165, 1.54) is 52.3 Å². The first-order chi connectivity index (χ1) is 32.2. The number of phenolic OH excluding ortho intramolecular Hbond substituents is 4. The van der Waals surface area contributed by atoms with Crippen LogP contribution >= 0.6 is 0 Å². The Kier molecular flexibility index (Phi) is 14.9. The summed E-state index contributed by atoms with van der Waals surface area (Å²) in [4.78, 5) is 27.5. The Hall–Kier alpha value is -6.00. The van der Waals surface area contributed by atoms with Crippen molar-refractivity contribution in [2.75, 3.05) is 20.8 Å². The Morgan fingerprint density at radius 1 is 0.662 bits per heavy atom. The standard InChI is InChI=1S/C44H50O24/c1-15-29(49)34(54)37(57)42(62-15)64-19-12-22(47)28-23(13-19)65-39(18-6-7-20(45)21(46)11-18)40(33(28)53)67-44-41(68-43-38(58)35(55)30(50)16(2)63-43)36(56)32(52)26(66-44)14-61-27(48)8-5-17-9-24(59-3)31(51)25(10-17)60-4/h5-13,15-16,26,29-30,32,34-38,41-47,49-52,54-58H,14H2,1-4H3/b8-5+/t15?,16?,26?,29-,30-,32+,34?,35?,36?,37?,38-,41?,42-,43-,44-/m0/s1. The molecule has 4 heterocycles. The van der Waals surface area contributed by atoms with E-state index >= 15 is 0 Å². The summed E-state index contributed by atoms with van der Waals surface area (Å²) in [5, 5.41) is 127. The van der Waals surface area contributed by atoms with Gasteiger partial charge in [-0.15, -0.1) is 0 Å². The van der Waals surface area contributed by atoms with E-state index in [1.807, 2.05) is 0 Å². The van der Waals surface area contributed by atoms with E-state index in [1.54, 1.807) is 0 Å². The third-order valence-corrected chi connectivity index (χ3v) is 11.5. The molecular formula is C44H50O24. The molecule has 0 amide bonds. The van der Waals surface area contributed by atoms with Gasteiger partial charge in [0.05, 0.1) is 26.4 Å². The number of carbonyl (C=O) groups excluding carboxylic acids is 1. The maximum absolute atomic E-state index is 14.6. The summed E-state index contributed by atoms with van der Waals surface area (Å²) in [6.07, 6.45) is -23.6. The smallest absolute Gasteiger partial charge is 0.330 e. The average Bonchev–Trinajstić information content (AvgIpc) is 3.31. The van der Waals surface area contributed by atoms with Crippen molar-refractivity contribution in [1.29, 1.82) is 0 Å². The van der Waals surface area contributed by atoms with Crippen LogP contribution in [0.5, 0.6) is 46.0 Å².